The van der Waals surface area contributed by atoms with Crippen LogP contribution in [0, 0.1) is 10.1 Å². The fraction of sp³-hybridized carbons (Fsp3) is 0. The van der Waals surface area contributed by atoms with Crippen molar-refractivity contribution >= 4 is 16.7 Å². The molecule has 7 heteroatoms. The number of hydrogen-bond donors (Lipinski definition) is 1. The summed E-state index contributed by atoms with van der Waals surface area (Å²) in [7, 11) is 0. The highest BCUT2D eigenvalue weighted by molar-refractivity contribution is 5.86. The summed E-state index contributed by atoms with van der Waals surface area (Å²) in [5.41, 5.74) is -0.157. The number of nitro groups is 1. The fourth-order valence-corrected chi connectivity index (χ4v) is 1.03. The molecule has 0 saturated carbocycles. The molecule has 0 aliphatic heterocycles. The summed E-state index contributed by atoms with van der Waals surface area (Å²) in [6.07, 6.45) is 2.13. The molecule has 0 spiro atoms. The highest BCUT2D eigenvalue weighted by atomic mass is 16.6. The first-order valence-electron chi connectivity index (χ1n) is 3.33. The average molecular weight is 179 g/mol. The Labute approximate surface area is 71.2 Å². The fourth-order valence-electron chi connectivity index (χ4n) is 1.03. The number of H-pyrrole nitrogens is 1. The van der Waals surface area contributed by atoms with Gasteiger partial charge in [-0.3, -0.25) is 15.1 Å². The molecule has 0 saturated heterocycles. The maximum atomic E-state index is 11.0. The Morgan fingerprint density at radius 1 is 1.46 bits per heavy atom. The van der Waals surface area contributed by atoms with Crippen molar-refractivity contribution in [3.8, 4) is 5.88 Å². The Hall–Kier alpha value is -2.18. The number of fused-ring (bicyclic) bond motifs is 1. The van der Waals surface area contributed by atoms with Crippen LogP contribution in [0.1, 0.15) is 0 Å². The van der Waals surface area contributed by atoms with E-state index in [0.29, 0.717) is 0 Å². The minimum Gasteiger partial charge on any atom is -0.857 e. The molecule has 0 amide bonds. The van der Waals surface area contributed by atoms with E-state index < -0.39 is 10.8 Å². The van der Waals surface area contributed by atoms with Crippen LogP contribution in [0.3, 0.4) is 0 Å². The van der Waals surface area contributed by atoms with Crippen molar-refractivity contribution in [1.82, 2.24) is 15.0 Å². The van der Waals surface area contributed by atoms with Crippen molar-refractivity contribution in [2.75, 3.05) is 0 Å². The molecule has 0 unspecified atom stereocenters. The minimum atomic E-state index is -0.629. The van der Waals surface area contributed by atoms with E-state index in [2.05, 4.69) is 15.0 Å². The van der Waals surface area contributed by atoms with Crippen LogP contribution in [-0.2, 0) is 0 Å². The third-order valence-corrected chi connectivity index (χ3v) is 1.60. The van der Waals surface area contributed by atoms with Gasteiger partial charge in [0.05, 0.1) is 16.8 Å². The lowest BCUT2D eigenvalue weighted by atomic mass is 10.3. The normalized spacial score (nSPS) is 10.5. The first kappa shape index (κ1) is 7.47. The molecule has 0 atom stereocenters. The van der Waals surface area contributed by atoms with E-state index in [1.807, 2.05) is 0 Å². The molecule has 1 N–H and O–H groups in total. The van der Waals surface area contributed by atoms with Crippen LogP contribution >= 0.6 is 0 Å². The molecule has 66 valence electrons. The molecule has 2 rings (SSSR count). The number of hydrogen-bond acceptors (Lipinski definition) is 5. The molecule has 0 aliphatic rings. The van der Waals surface area contributed by atoms with Crippen LogP contribution in [0.5, 0.6) is 5.88 Å². The van der Waals surface area contributed by atoms with Gasteiger partial charge in [-0.05, 0) is 0 Å². The van der Waals surface area contributed by atoms with E-state index in [1.165, 1.54) is 6.33 Å². The maximum absolute atomic E-state index is 11.0. The number of aromatic amines is 1. The topological polar surface area (TPSA) is 108 Å². The number of rotatable bonds is 1. The van der Waals surface area contributed by atoms with Crippen LogP contribution in [-0.4, -0.2) is 19.9 Å². The summed E-state index contributed by atoms with van der Waals surface area (Å²) in [6.45, 7) is 0. The van der Waals surface area contributed by atoms with Crippen molar-refractivity contribution < 1.29 is 10.0 Å². The molecule has 0 aliphatic carbocycles. The van der Waals surface area contributed by atoms with Crippen molar-refractivity contribution in [2.45, 2.75) is 0 Å². The van der Waals surface area contributed by atoms with E-state index >= 15 is 0 Å². The number of pyridine rings is 1. The van der Waals surface area contributed by atoms with Gasteiger partial charge in [0, 0.05) is 5.88 Å². The van der Waals surface area contributed by atoms with Gasteiger partial charge in [-0.15, -0.1) is 0 Å². The second-order valence-electron chi connectivity index (χ2n) is 2.33. The zero-order valence-corrected chi connectivity index (χ0v) is 6.22. The van der Waals surface area contributed by atoms with Crippen molar-refractivity contribution in [1.29, 1.82) is 0 Å². The molecular weight excluding hydrogens is 176 g/mol. The summed E-state index contributed by atoms with van der Waals surface area (Å²) in [5.74, 6) is -0.543. The Morgan fingerprint density at radius 2 is 2.23 bits per heavy atom. The van der Waals surface area contributed by atoms with E-state index in [-0.39, 0.29) is 16.7 Å². The summed E-state index contributed by atoms with van der Waals surface area (Å²) >= 11 is 0. The third kappa shape index (κ3) is 0.975. The highest BCUT2D eigenvalue weighted by Gasteiger charge is 2.14. The van der Waals surface area contributed by atoms with Gasteiger partial charge < -0.3 is 10.1 Å². The van der Waals surface area contributed by atoms with Crippen molar-refractivity contribution in [3.05, 3.63) is 22.6 Å². The molecular formula is C6H3N4O3-. The summed E-state index contributed by atoms with van der Waals surface area (Å²) in [5, 5.41) is 21.4. The molecule has 0 fully saturated rings. The van der Waals surface area contributed by atoms with E-state index in [0.717, 1.165) is 6.20 Å². The number of nitrogens with one attached hydrogen (secondary N) is 1. The van der Waals surface area contributed by atoms with Crippen LogP contribution in [0.2, 0.25) is 0 Å². The van der Waals surface area contributed by atoms with E-state index in [1.54, 1.807) is 0 Å². The molecule has 0 bridgehead atoms. The number of nitrogens with zero attached hydrogens (tertiary/aromatic N) is 3. The molecule has 2 aromatic heterocycles. The van der Waals surface area contributed by atoms with Crippen LogP contribution < -0.4 is 5.11 Å². The molecule has 2 aromatic rings. The van der Waals surface area contributed by atoms with Crippen LogP contribution in [0.4, 0.5) is 5.69 Å². The zero-order chi connectivity index (χ0) is 9.42. The Morgan fingerprint density at radius 3 is 2.92 bits per heavy atom. The van der Waals surface area contributed by atoms with Gasteiger partial charge in [0.2, 0.25) is 0 Å². The Kier molecular flexibility index (Phi) is 1.38. The SMILES string of the molecule is O=[N+]([O-])c1cnc([O-])c2[nH]cnc12. The molecule has 0 aromatic carbocycles. The largest absolute Gasteiger partial charge is 0.857 e. The molecule has 0 radical (unpaired) electrons. The van der Waals surface area contributed by atoms with Crippen molar-refractivity contribution in [2.24, 2.45) is 0 Å². The van der Waals surface area contributed by atoms with Gasteiger partial charge in [0.25, 0.3) is 0 Å². The van der Waals surface area contributed by atoms with Gasteiger partial charge in [0.15, 0.2) is 5.52 Å². The standard InChI is InChI=1S/C6H4N4O3/c11-6-5-4(8-2-9-5)3(1-7-6)10(12)13/h1-2H,(H,7,11)(H,8,9)/p-1. The summed E-state index contributed by atoms with van der Waals surface area (Å²) in [6, 6.07) is 0. The minimum absolute atomic E-state index is 0.0463. The predicted molar refractivity (Wildman–Crippen MR) is 40.0 cm³/mol. The number of imidazole rings is 1. The molecule has 2 heterocycles. The van der Waals surface area contributed by atoms with E-state index in [9.17, 15) is 15.2 Å². The van der Waals surface area contributed by atoms with Crippen molar-refractivity contribution in [3.63, 3.8) is 0 Å². The maximum Gasteiger partial charge on any atom is 0.315 e. The lowest BCUT2D eigenvalue weighted by Gasteiger charge is -2.03. The van der Waals surface area contributed by atoms with Crippen LogP contribution in [0.15, 0.2) is 12.5 Å². The third-order valence-electron chi connectivity index (χ3n) is 1.60. The summed E-state index contributed by atoms with van der Waals surface area (Å²) in [4.78, 5) is 19.3. The Balaban J connectivity index is 2.86. The lowest BCUT2D eigenvalue weighted by molar-refractivity contribution is -0.383. The second kappa shape index (κ2) is 2.41. The monoisotopic (exact) mass is 179 g/mol. The lowest BCUT2D eigenvalue weighted by Crippen LogP contribution is -1.97. The van der Waals surface area contributed by atoms with Gasteiger partial charge in [-0.1, -0.05) is 0 Å². The van der Waals surface area contributed by atoms with Gasteiger partial charge >= 0.3 is 5.69 Å². The predicted octanol–water partition coefficient (Wildman–Crippen LogP) is -0.0603. The van der Waals surface area contributed by atoms with E-state index in [4.69, 9.17) is 0 Å². The highest BCUT2D eigenvalue weighted by Crippen LogP contribution is 2.24. The molecule has 7 nitrogen and oxygen atoms in total. The first-order chi connectivity index (χ1) is 6.20. The molecule has 13 heavy (non-hydrogen) atoms. The van der Waals surface area contributed by atoms with Gasteiger partial charge in [0.1, 0.15) is 6.20 Å². The zero-order valence-electron chi connectivity index (χ0n) is 6.22. The summed E-state index contributed by atoms with van der Waals surface area (Å²) < 4.78 is 0. The van der Waals surface area contributed by atoms with Gasteiger partial charge in [-0.25, -0.2) is 4.98 Å². The van der Waals surface area contributed by atoms with Crippen LogP contribution in [0.25, 0.3) is 11.0 Å². The quantitative estimate of drug-likeness (QED) is 0.487. The number of aromatic nitrogens is 3. The average Bonchev–Trinajstić information content (AvgIpc) is 2.53. The van der Waals surface area contributed by atoms with Gasteiger partial charge in [-0.2, -0.15) is 0 Å². The Bertz CT molecular complexity index is 478. The first-order valence-corrected chi connectivity index (χ1v) is 3.33. The second-order valence-corrected chi connectivity index (χ2v) is 2.33. The smallest absolute Gasteiger partial charge is 0.315 e.